The highest BCUT2D eigenvalue weighted by atomic mass is 35.5. The van der Waals surface area contributed by atoms with Crippen LogP contribution in [0.5, 0.6) is 0 Å². The number of hydrogen-bond donors (Lipinski definition) is 1. The van der Waals surface area contributed by atoms with Gasteiger partial charge in [-0.05, 0) is 74.8 Å². The molecule has 0 bridgehead atoms. The topological polar surface area (TPSA) is 70.1 Å². The fourth-order valence-corrected chi connectivity index (χ4v) is 7.89. The Hall–Kier alpha value is -3.19. The molecule has 2 unspecified atom stereocenters. The Kier molecular flexibility index (Phi) is 15.2. The Morgan fingerprint density at radius 2 is 1.39 bits per heavy atom. The number of carbonyl (C=O) groups is 2. The van der Waals surface area contributed by atoms with Crippen LogP contribution >= 0.6 is 11.6 Å². The van der Waals surface area contributed by atoms with E-state index in [4.69, 9.17) is 16.3 Å². The van der Waals surface area contributed by atoms with Gasteiger partial charge >= 0.3 is 5.97 Å². The minimum absolute atomic E-state index is 0.00404. The number of aliphatic hydroxyl groups is 1. The summed E-state index contributed by atoms with van der Waals surface area (Å²) in [5.74, 6) is -0.183. The summed E-state index contributed by atoms with van der Waals surface area (Å²) in [7, 11) is 3.62. The highest BCUT2D eigenvalue weighted by molar-refractivity contribution is 6.30. The first-order valence-electron chi connectivity index (χ1n) is 19.2. The molecule has 7 heteroatoms. The van der Waals surface area contributed by atoms with Gasteiger partial charge in [0, 0.05) is 31.7 Å². The monoisotopic (exact) mass is 716 g/mol. The molecule has 51 heavy (non-hydrogen) atoms. The number of unbranched alkanes of at least 4 members (excludes halogenated alkanes) is 7. The summed E-state index contributed by atoms with van der Waals surface area (Å²) in [6, 6.07) is 27.3. The molecule has 0 aliphatic carbocycles. The Morgan fingerprint density at radius 1 is 0.843 bits per heavy atom. The van der Waals surface area contributed by atoms with Crippen molar-refractivity contribution in [2.45, 2.75) is 121 Å². The number of carbonyl (C=O) groups excluding carboxylic acids is 2. The molecule has 1 amide bonds. The van der Waals surface area contributed by atoms with Crippen LogP contribution in [0.4, 0.5) is 0 Å². The molecule has 0 saturated carbocycles. The third kappa shape index (κ3) is 10.7. The van der Waals surface area contributed by atoms with Gasteiger partial charge in [0.1, 0.15) is 6.73 Å². The maximum atomic E-state index is 14.4. The molecular formula is C44H61ClN2O4. The van der Waals surface area contributed by atoms with Crippen molar-refractivity contribution >= 4 is 23.5 Å². The number of piperidine rings is 1. The number of likely N-dealkylation sites (tertiary alicyclic amines) is 1. The summed E-state index contributed by atoms with van der Waals surface area (Å²) in [6.45, 7) is 6.91. The van der Waals surface area contributed by atoms with Gasteiger partial charge in [-0.3, -0.25) is 14.5 Å². The predicted octanol–water partition coefficient (Wildman–Crippen LogP) is 9.90. The van der Waals surface area contributed by atoms with E-state index in [1.54, 1.807) is 4.90 Å². The van der Waals surface area contributed by atoms with Crippen molar-refractivity contribution in [3.8, 4) is 0 Å². The molecule has 4 rings (SSSR count). The molecule has 0 aromatic heterocycles. The largest absolute Gasteiger partial charge is 0.449 e. The van der Waals surface area contributed by atoms with E-state index in [2.05, 4.69) is 11.8 Å². The van der Waals surface area contributed by atoms with Gasteiger partial charge in [-0.15, -0.1) is 0 Å². The lowest BCUT2D eigenvalue weighted by Crippen LogP contribution is -2.52. The summed E-state index contributed by atoms with van der Waals surface area (Å²) in [4.78, 5) is 31.8. The van der Waals surface area contributed by atoms with Crippen LogP contribution in [0, 0.1) is 5.41 Å². The van der Waals surface area contributed by atoms with Gasteiger partial charge in [0.05, 0.1) is 16.4 Å². The first-order chi connectivity index (χ1) is 24.4. The van der Waals surface area contributed by atoms with Crippen molar-refractivity contribution in [3.63, 3.8) is 0 Å². The SMILES string of the molecule is CCCCCCCCCCC(C)(C)C(=O)OCN1CCC(O)(c2ccc(Cl)cc2)CC1CCC(C(=O)N(C)C)(c1ccccc1)c1ccccc1. The molecule has 6 nitrogen and oxygen atoms in total. The molecule has 1 heterocycles. The van der Waals surface area contributed by atoms with Crippen LogP contribution in [0.2, 0.25) is 5.02 Å². The molecule has 1 aliphatic rings. The van der Waals surface area contributed by atoms with Crippen molar-refractivity contribution < 1.29 is 19.4 Å². The summed E-state index contributed by atoms with van der Waals surface area (Å²) in [5.41, 5.74) is 0.0768. The molecule has 1 aliphatic heterocycles. The average Bonchev–Trinajstić information content (AvgIpc) is 3.13. The number of nitrogens with zero attached hydrogens (tertiary/aromatic N) is 2. The van der Waals surface area contributed by atoms with Crippen LogP contribution in [0.3, 0.4) is 0 Å². The summed E-state index contributed by atoms with van der Waals surface area (Å²) in [5, 5.41) is 12.8. The van der Waals surface area contributed by atoms with Gasteiger partial charge in [-0.1, -0.05) is 143 Å². The van der Waals surface area contributed by atoms with Crippen molar-refractivity contribution in [1.29, 1.82) is 0 Å². The second-order valence-electron chi connectivity index (χ2n) is 15.5. The lowest BCUT2D eigenvalue weighted by atomic mass is 9.68. The Bertz CT molecular complexity index is 1460. The van der Waals surface area contributed by atoms with E-state index >= 15 is 0 Å². The van der Waals surface area contributed by atoms with E-state index in [0.717, 1.165) is 36.0 Å². The fraction of sp³-hybridized carbons (Fsp3) is 0.545. The number of esters is 1. The normalized spacial score (nSPS) is 18.4. The van der Waals surface area contributed by atoms with E-state index in [0.29, 0.717) is 37.3 Å². The van der Waals surface area contributed by atoms with E-state index < -0.39 is 16.4 Å². The van der Waals surface area contributed by atoms with E-state index in [-0.39, 0.29) is 24.6 Å². The maximum Gasteiger partial charge on any atom is 0.312 e. The van der Waals surface area contributed by atoms with Gasteiger partial charge < -0.3 is 14.7 Å². The van der Waals surface area contributed by atoms with Crippen LogP contribution in [0.1, 0.15) is 121 Å². The second kappa shape index (κ2) is 19.0. The third-order valence-electron chi connectivity index (χ3n) is 11.0. The Balaban J connectivity index is 1.55. The summed E-state index contributed by atoms with van der Waals surface area (Å²) in [6.07, 6.45) is 12.6. The number of amides is 1. The number of rotatable bonds is 19. The molecular weight excluding hydrogens is 656 g/mol. The zero-order valence-corrected chi connectivity index (χ0v) is 32.5. The zero-order chi connectivity index (χ0) is 36.9. The van der Waals surface area contributed by atoms with Gasteiger partial charge in [0.2, 0.25) is 5.91 Å². The molecule has 1 fully saturated rings. The highest BCUT2D eigenvalue weighted by Crippen LogP contribution is 2.43. The smallest absolute Gasteiger partial charge is 0.312 e. The van der Waals surface area contributed by atoms with Crippen molar-refractivity contribution in [1.82, 2.24) is 9.80 Å². The summed E-state index contributed by atoms with van der Waals surface area (Å²) < 4.78 is 6.09. The molecule has 1 N–H and O–H groups in total. The molecule has 0 spiro atoms. The van der Waals surface area contributed by atoms with E-state index in [1.165, 1.54) is 38.5 Å². The lowest BCUT2D eigenvalue weighted by molar-refractivity contribution is -0.164. The summed E-state index contributed by atoms with van der Waals surface area (Å²) >= 11 is 6.22. The minimum atomic E-state index is -1.08. The highest BCUT2D eigenvalue weighted by Gasteiger charge is 2.46. The standard InChI is InChI=1S/C44H61ClN2O4/c1-6-7-8-9-10-11-12-19-29-42(2,3)41(49)51-34-47-32-31-43(50,35-24-26-38(45)27-25-35)33-39(47)28-30-44(40(48)46(4)5,36-20-15-13-16-21-36)37-22-17-14-18-23-37/h13-18,20-27,39,50H,6-12,19,28-34H2,1-5H3. The molecule has 2 atom stereocenters. The molecule has 0 radical (unpaired) electrons. The fourth-order valence-electron chi connectivity index (χ4n) is 7.77. The van der Waals surface area contributed by atoms with Gasteiger partial charge in [0.15, 0.2) is 0 Å². The minimum Gasteiger partial charge on any atom is -0.449 e. The van der Waals surface area contributed by atoms with Crippen molar-refractivity contribution in [2.75, 3.05) is 27.4 Å². The van der Waals surface area contributed by atoms with Crippen molar-refractivity contribution in [3.05, 3.63) is 107 Å². The molecule has 1 saturated heterocycles. The van der Waals surface area contributed by atoms with Crippen LogP contribution in [-0.2, 0) is 25.3 Å². The third-order valence-corrected chi connectivity index (χ3v) is 11.3. The molecule has 278 valence electrons. The van der Waals surface area contributed by atoms with E-state index in [1.807, 2.05) is 113 Å². The predicted molar refractivity (Wildman–Crippen MR) is 209 cm³/mol. The van der Waals surface area contributed by atoms with Gasteiger partial charge in [-0.2, -0.15) is 0 Å². The lowest BCUT2D eigenvalue weighted by Gasteiger charge is -2.45. The van der Waals surface area contributed by atoms with Crippen LogP contribution < -0.4 is 0 Å². The Morgan fingerprint density at radius 3 is 1.94 bits per heavy atom. The van der Waals surface area contributed by atoms with Gasteiger partial charge in [0.25, 0.3) is 0 Å². The van der Waals surface area contributed by atoms with E-state index in [9.17, 15) is 14.7 Å². The Labute approximate surface area is 312 Å². The van der Waals surface area contributed by atoms with Gasteiger partial charge in [-0.25, -0.2) is 0 Å². The number of halogens is 1. The first-order valence-corrected chi connectivity index (χ1v) is 19.5. The molecule has 3 aromatic rings. The van der Waals surface area contributed by atoms with Crippen LogP contribution in [0.15, 0.2) is 84.9 Å². The zero-order valence-electron chi connectivity index (χ0n) is 31.7. The average molecular weight is 717 g/mol. The van der Waals surface area contributed by atoms with Crippen molar-refractivity contribution in [2.24, 2.45) is 5.41 Å². The second-order valence-corrected chi connectivity index (χ2v) is 15.9. The van der Waals surface area contributed by atoms with Crippen LogP contribution in [-0.4, -0.2) is 60.2 Å². The number of benzene rings is 3. The number of likely N-dealkylation sites (N-methyl/N-ethyl adjacent to an activating group) is 1. The quantitative estimate of drug-likeness (QED) is 0.0988. The maximum absolute atomic E-state index is 14.4. The first kappa shape index (κ1) is 40.6. The number of ether oxygens (including phenoxy) is 1. The molecule has 3 aromatic carbocycles. The number of hydrogen-bond acceptors (Lipinski definition) is 5. The van der Waals surface area contributed by atoms with Crippen LogP contribution in [0.25, 0.3) is 0 Å².